The first kappa shape index (κ1) is 50.9. The predicted molar refractivity (Wildman–Crippen MR) is 152 cm³/mol. The molecule has 0 amide bonds. The van der Waals surface area contributed by atoms with Gasteiger partial charge in [-0.25, -0.2) is 13.1 Å². The number of anilines is 2. The molecule has 0 spiro atoms. The second kappa shape index (κ2) is 19.8. The lowest BCUT2D eigenvalue weighted by molar-refractivity contribution is 0.339. The third-order valence-electron chi connectivity index (χ3n) is 3.26. The van der Waals surface area contributed by atoms with E-state index in [1.165, 1.54) is 0 Å². The van der Waals surface area contributed by atoms with Crippen LogP contribution in [0.3, 0.4) is 0 Å². The van der Waals surface area contributed by atoms with Crippen LogP contribution in [0.2, 0.25) is 0 Å². The fourth-order valence-electron chi connectivity index (χ4n) is 2.02. The summed E-state index contributed by atoms with van der Waals surface area (Å²) in [5, 5.41) is 0. The van der Waals surface area contributed by atoms with E-state index < -0.39 is 72.4 Å². The minimum atomic E-state index is -5.12. The molecule has 0 atom stereocenters. The predicted octanol–water partition coefficient (Wildman–Crippen LogP) is -4.05. The van der Waals surface area contributed by atoms with Crippen molar-refractivity contribution >= 4 is 83.8 Å². The van der Waals surface area contributed by atoms with Gasteiger partial charge >= 0.3 is 62.4 Å². The van der Waals surface area contributed by atoms with Gasteiger partial charge in [-0.1, -0.05) is 0 Å². The molecule has 1 aromatic rings. The van der Waals surface area contributed by atoms with E-state index in [1.54, 1.807) is 0 Å². The molecule has 0 aliphatic rings. The minimum Gasteiger partial charge on any atom is -0.412 e. The topological polar surface area (TPSA) is 461 Å². The number of rotatable bonds is 12. The molecule has 0 bridgehead atoms. The van der Waals surface area contributed by atoms with Crippen LogP contribution in [-0.2, 0) is 83.3 Å². The number of hydrogen-bond acceptors (Lipinski definition) is 19. The summed E-state index contributed by atoms with van der Waals surface area (Å²) < 4.78 is 191. The number of nitrogens with two attached hydrogens (primary N) is 1. The highest BCUT2D eigenvalue weighted by atomic mass is 32.3. The third kappa shape index (κ3) is 40.1. The van der Waals surface area contributed by atoms with E-state index >= 15 is 0 Å². The molecule has 34 heteroatoms. The summed E-state index contributed by atoms with van der Waals surface area (Å²) in [6.45, 7) is 5.84. The van der Waals surface area contributed by atoms with Crippen molar-refractivity contribution in [2.75, 3.05) is 36.5 Å². The van der Waals surface area contributed by atoms with Crippen LogP contribution in [0.15, 0.2) is 18.2 Å². The van der Waals surface area contributed by atoms with Crippen molar-refractivity contribution in [3.8, 4) is 0 Å². The first-order chi connectivity index (χ1) is 19.5. The van der Waals surface area contributed by atoms with E-state index in [1.807, 2.05) is 32.0 Å². The molecular weight excluding hydrogens is 795 g/mol. The zero-order valence-corrected chi connectivity index (χ0v) is 28.6. The van der Waals surface area contributed by atoms with E-state index in [0.717, 1.165) is 29.7 Å². The van der Waals surface area contributed by atoms with Crippen LogP contribution in [0.4, 0.5) is 11.4 Å². The van der Waals surface area contributed by atoms with Gasteiger partial charge in [-0.15, -0.1) is 10.9 Å². The summed E-state index contributed by atoms with van der Waals surface area (Å²) in [5.74, 6) is 0. The molecule has 0 radical (unpaired) electrons. The van der Waals surface area contributed by atoms with E-state index in [4.69, 9.17) is 33.1 Å². The lowest BCUT2D eigenvalue weighted by Crippen LogP contribution is -2.34. The van der Waals surface area contributed by atoms with Crippen LogP contribution in [0, 0.1) is 6.92 Å². The zero-order valence-electron chi connectivity index (χ0n) is 22.9. The van der Waals surface area contributed by atoms with E-state index in [0.29, 0.717) is 13.1 Å². The molecule has 0 unspecified atom stereocenters. The minimum absolute atomic E-state index is 0. The van der Waals surface area contributed by atoms with E-state index in [2.05, 4.69) is 20.5 Å². The van der Waals surface area contributed by atoms with Crippen molar-refractivity contribution < 1.29 is 103 Å². The van der Waals surface area contributed by atoms with Gasteiger partial charge in [-0.3, -0.25) is 27.3 Å². The van der Waals surface area contributed by atoms with Crippen LogP contribution < -0.4 is 15.4 Å². The van der Waals surface area contributed by atoms with E-state index in [-0.39, 0.29) is 5.48 Å². The van der Waals surface area contributed by atoms with Crippen molar-refractivity contribution in [1.82, 2.24) is 4.72 Å². The fraction of sp³-hybridized carbons (Fsp3) is 0.500. The Morgan fingerprint density at radius 1 is 0.674 bits per heavy atom. The Bertz CT molecular complexity index is 1630. The van der Waals surface area contributed by atoms with Gasteiger partial charge in [0.1, 0.15) is 0 Å². The highest BCUT2D eigenvalue weighted by molar-refractivity contribution is 7.95. The Morgan fingerprint density at radius 3 is 1.17 bits per heavy atom. The summed E-state index contributed by atoms with van der Waals surface area (Å²) in [7, 11) is -33.8. The van der Waals surface area contributed by atoms with Gasteiger partial charge in [0.15, 0.2) is 0 Å². The maximum absolute atomic E-state index is 11.0. The number of nitrogens with zero attached hydrogens (tertiary/aromatic N) is 1. The number of likely N-dealkylation sites (N-methyl/N-ethyl adjacent to an activating group) is 1. The monoisotopic (exact) mass is 823 g/mol. The zero-order chi connectivity index (χ0) is 36.9. The van der Waals surface area contributed by atoms with Gasteiger partial charge in [-0.05, 0) is 37.6 Å². The highest BCUT2D eigenvalue weighted by Gasteiger charge is 2.17. The Labute approximate surface area is 264 Å². The van der Waals surface area contributed by atoms with Gasteiger partial charge in [0.25, 0.3) is 0 Å². The molecule has 0 fully saturated rings. The van der Waals surface area contributed by atoms with Crippen molar-refractivity contribution in [3.05, 3.63) is 23.8 Å². The second-order valence-electron chi connectivity index (χ2n) is 7.06. The standard InChI is InChI=1S/C12H21N3O2S.3H2O7S2.H2O/c1-4-15(8-7-14-18(3,16)17)11-5-6-12(13)10(2)9-11;3*1-8(2,3)7-9(4,5)6;/h5-6,9,14H,4,7-8,13H2,1-3H3;3*(H,1,2,3)(H,4,5,6);1H2. The molecule has 11 N–H and O–H groups in total. The van der Waals surface area contributed by atoms with Crippen LogP contribution in [0.1, 0.15) is 12.5 Å². The van der Waals surface area contributed by atoms with Crippen LogP contribution in [0.25, 0.3) is 0 Å². The molecule has 27 nitrogen and oxygen atoms in total. The number of nitrogen functional groups attached to an aromatic ring is 1. The largest absolute Gasteiger partial charge is 0.413 e. The number of sulfonamides is 1. The molecule has 1 aromatic carbocycles. The van der Waals surface area contributed by atoms with Crippen molar-refractivity contribution in [2.45, 2.75) is 13.8 Å². The fourth-order valence-corrected chi connectivity index (χ4v) is 5.09. The normalized spacial score (nSPS) is 12.5. The molecule has 46 heavy (non-hydrogen) atoms. The summed E-state index contributed by atoms with van der Waals surface area (Å²) in [6, 6.07) is 5.84. The molecule has 0 aromatic heterocycles. The van der Waals surface area contributed by atoms with Gasteiger partial charge in [0, 0.05) is 31.0 Å². The van der Waals surface area contributed by atoms with Gasteiger partial charge < -0.3 is 16.1 Å². The number of aryl methyl sites for hydroxylation is 1. The summed E-state index contributed by atoms with van der Waals surface area (Å²) in [4.78, 5) is 2.10. The van der Waals surface area contributed by atoms with Gasteiger partial charge in [-0.2, -0.15) is 50.5 Å². The molecule has 0 aliphatic carbocycles. The average Bonchev–Trinajstić information content (AvgIpc) is 2.66. The number of hydrogen-bond donors (Lipinski definition) is 8. The second-order valence-corrected chi connectivity index (χ2v) is 15.7. The smallest absolute Gasteiger partial charge is 0.412 e. The van der Waals surface area contributed by atoms with Gasteiger partial charge in [0.2, 0.25) is 10.0 Å². The molecule has 0 heterocycles. The molecule has 0 saturated heterocycles. The molecular formula is C12H29N3O24S7. The number of benzene rings is 1. The van der Waals surface area contributed by atoms with Crippen molar-refractivity contribution in [1.29, 1.82) is 0 Å². The first-order valence-corrected chi connectivity index (χ1v) is 20.1. The third-order valence-corrected chi connectivity index (χ3v) is 8.12. The van der Waals surface area contributed by atoms with Crippen LogP contribution >= 0.6 is 0 Å². The molecule has 1 rings (SSSR count). The quantitative estimate of drug-likeness (QED) is 0.0734. The molecule has 0 saturated carbocycles. The van der Waals surface area contributed by atoms with Crippen molar-refractivity contribution in [3.63, 3.8) is 0 Å². The highest BCUT2D eigenvalue weighted by Crippen LogP contribution is 2.20. The summed E-state index contributed by atoms with van der Waals surface area (Å²) in [6.07, 6.45) is 1.16. The lowest BCUT2D eigenvalue weighted by atomic mass is 10.1. The Balaban J connectivity index is -0.000000271. The lowest BCUT2D eigenvalue weighted by Gasteiger charge is -2.23. The molecule has 278 valence electrons. The number of nitrogens with one attached hydrogen (secondary N) is 1. The van der Waals surface area contributed by atoms with E-state index in [9.17, 15) is 58.9 Å². The summed E-state index contributed by atoms with van der Waals surface area (Å²) >= 11 is 0. The average molecular weight is 824 g/mol. The molecule has 0 aliphatic heterocycles. The Hall–Kier alpha value is -1.97. The van der Waals surface area contributed by atoms with Crippen molar-refractivity contribution in [2.24, 2.45) is 0 Å². The van der Waals surface area contributed by atoms with Crippen LogP contribution in [-0.4, -0.2) is 118 Å². The summed E-state index contributed by atoms with van der Waals surface area (Å²) in [5.41, 5.74) is 8.63. The maximum atomic E-state index is 11.0. The Morgan fingerprint density at radius 2 is 0.978 bits per heavy atom. The SMILES string of the molecule is CCN(CCNS(C)(=O)=O)c1ccc(N)c(C)c1.O.O=S(=O)(O)OS(=O)(=O)O.O=S(=O)(O)OS(=O)(=O)O.O=S(=O)(O)OS(=O)(=O)O. The van der Waals surface area contributed by atoms with Gasteiger partial charge in [0.05, 0.1) is 6.26 Å². The first-order valence-electron chi connectivity index (χ1n) is 9.98. The van der Waals surface area contributed by atoms with Crippen LogP contribution in [0.5, 0.6) is 0 Å². The Kier molecular flexibility index (Phi) is 21.8. The maximum Gasteiger partial charge on any atom is 0.413 e.